The average Bonchev–Trinajstić information content (AvgIpc) is 2.38. The molecule has 1 aliphatic rings. The van der Waals surface area contributed by atoms with Crippen molar-refractivity contribution in [1.29, 1.82) is 0 Å². The molecule has 0 saturated carbocycles. The quantitative estimate of drug-likeness (QED) is 0.693. The van der Waals surface area contributed by atoms with Crippen LogP contribution >= 0.6 is 0 Å². The number of piperazine rings is 1. The first-order valence-corrected chi connectivity index (χ1v) is 6.32. The molecule has 0 unspecified atom stereocenters. The second-order valence-corrected chi connectivity index (χ2v) is 4.40. The van der Waals surface area contributed by atoms with E-state index >= 15 is 0 Å². The van der Waals surface area contributed by atoms with Crippen LogP contribution in [0.2, 0.25) is 0 Å². The largest absolute Gasteiger partial charge is 0.375 e. The Kier molecular flexibility index (Phi) is 5.85. The van der Waals surface area contributed by atoms with Crippen LogP contribution in [0.15, 0.2) is 11.6 Å². The summed E-state index contributed by atoms with van der Waals surface area (Å²) in [5.74, 6) is 0.0705. The maximum atomic E-state index is 12.0. The van der Waals surface area contributed by atoms with E-state index in [0.717, 1.165) is 12.0 Å². The number of ether oxygens (including phenoxy) is 1. The van der Waals surface area contributed by atoms with E-state index < -0.39 is 0 Å². The number of methoxy groups -OCH3 is 1. The van der Waals surface area contributed by atoms with Gasteiger partial charge in [-0.25, -0.2) is 0 Å². The molecule has 0 bridgehead atoms. The Balaban J connectivity index is 2.46. The molecular formula is C13H22N2O3. The zero-order valence-corrected chi connectivity index (χ0v) is 11.4. The third-order valence-corrected chi connectivity index (χ3v) is 3.04. The van der Waals surface area contributed by atoms with Crippen LogP contribution in [0.1, 0.15) is 20.3 Å². The molecule has 1 aliphatic heterocycles. The van der Waals surface area contributed by atoms with Gasteiger partial charge in [0.05, 0.1) is 0 Å². The number of allylic oxidation sites excluding steroid dienone is 1. The second kappa shape index (κ2) is 7.16. The van der Waals surface area contributed by atoms with Gasteiger partial charge in [0.2, 0.25) is 11.8 Å². The first-order valence-electron chi connectivity index (χ1n) is 6.32. The van der Waals surface area contributed by atoms with E-state index in [-0.39, 0.29) is 18.4 Å². The van der Waals surface area contributed by atoms with E-state index in [1.54, 1.807) is 9.80 Å². The zero-order valence-electron chi connectivity index (χ0n) is 11.4. The second-order valence-electron chi connectivity index (χ2n) is 4.40. The van der Waals surface area contributed by atoms with Gasteiger partial charge >= 0.3 is 0 Å². The highest BCUT2D eigenvalue weighted by atomic mass is 16.5. The number of rotatable bonds is 4. The van der Waals surface area contributed by atoms with E-state index in [9.17, 15) is 9.59 Å². The van der Waals surface area contributed by atoms with Crippen LogP contribution in [0.3, 0.4) is 0 Å². The molecule has 5 nitrogen and oxygen atoms in total. The lowest BCUT2D eigenvalue weighted by molar-refractivity contribution is -0.140. The number of carbonyl (C=O) groups excluding carboxylic acids is 2. The first-order chi connectivity index (χ1) is 8.60. The van der Waals surface area contributed by atoms with Crippen LogP contribution in [0.5, 0.6) is 0 Å². The van der Waals surface area contributed by atoms with Crippen molar-refractivity contribution in [3.8, 4) is 0 Å². The summed E-state index contributed by atoms with van der Waals surface area (Å²) in [7, 11) is 1.51. The molecule has 0 aromatic heterocycles. The minimum absolute atomic E-state index is 0.00887. The summed E-state index contributed by atoms with van der Waals surface area (Å²) in [5, 5.41) is 0. The molecular weight excluding hydrogens is 232 g/mol. The van der Waals surface area contributed by atoms with Gasteiger partial charge in [-0.2, -0.15) is 0 Å². The molecule has 2 amide bonds. The lowest BCUT2D eigenvalue weighted by Crippen LogP contribution is -2.51. The highest BCUT2D eigenvalue weighted by Gasteiger charge is 2.24. The summed E-state index contributed by atoms with van der Waals surface area (Å²) in [5.41, 5.74) is 0.786. The maximum absolute atomic E-state index is 12.0. The average molecular weight is 254 g/mol. The Labute approximate surface area is 108 Å². The summed E-state index contributed by atoms with van der Waals surface area (Å²) in [6, 6.07) is 0. The van der Waals surface area contributed by atoms with E-state index in [1.165, 1.54) is 7.11 Å². The van der Waals surface area contributed by atoms with Crippen molar-refractivity contribution in [3.63, 3.8) is 0 Å². The Morgan fingerprint density at radius 1 is 1.17 bits per heavy atom. The van der Waals surface area contributed by atoms with Gasteiger partial charge in [-0.3, -0.25) is 9.59 Å². The predicted octanol–water partition coefficient (Wildman–Crippen LogP) is 0.660. The molecule has 18 heavy (non-hydrogen) atoms. The van der Waals surface area contributed by atoms with Gasteiger partial charge in [0.25, 0.3) is 0 Å². The van der Waals surface area contributed by atoms with Crippen LogP contribution in [0, 0.1) is 0 Å². The third kappa shape index (κ3) is 3.84. The smallest absolute Gasteiger partial charge is 0.249 e. The summed E-state index contributed by atoms with van der Waals surface area (Å²) in [6.07, 6.45) is 2.80. The molecule has 1 saturated heterocycles. The molecule has 0 N–H and O–H groups in total. The first kappa shape index (κ1) is 14.7. The van der Waals surface area contributed by atoms with Gasteiger partial charge in [0, 0.05) is 38.9 Å². The SMILES string of the molecule is CC/C=C(/C)C(=O)N1CCN(C(=O)COC)CC1. The van der Waals surface area contributed by atoms with E-state index in [2.05, 4.69) is 0 Å². The standard InChI is InChI=1S/C13H22N2O3/c1-4-5-11(2)13(17)15-8-6-14(7-9-15)12(16)10-18-3/h5H,4,6-10H2,1-3H3/b11-5-. The normalized spacial score (nSPS) is 16.9. The number of amides is 2. The van der Waals surface area contributed by atoms with Crippen LogP contribution in [0.25, 0.3) is 0 Å². The Bertz CT molecular complexity index is 331. The lowest BCUT2D eigenvalue weighted by atomic mass is 10.2. The molecule has 102 valence electrons. The van der Waals surface area contributed by atoms with Gasteiger partial charge in [-0.05, 0) is 13.3 Å². The monoisotopic (exact) mass is 254 g/mol. The molecule has 1 heterocycles. The highest BCUT2D eigenvalue weighted by molar-refractivity contribution is 5.93. The minimum atomic E-state index is -0.00887. The van der Waals surface area contributed by atoms with Gasteiger partial charge in [0.15, 0.2) is 0 Å². The van der Waals surface area contributed by atoms with Crippen molar-refractivity contribution in [3.05, 3.63) is 11.6 Å². The topological polar surface area (TPSA) is 49.9 Å². The van der Waals surface area contributed by atoms with Crippen molar-refractivity contribution in [2.75, 3.05) is 39.9 Å². The highest BCUT2D eigenvalue weighted by Crippen LogP contribution is 2.08. The maximum Gasteiger partial charge on any atom is 0.249 e. The fourth-order valence-electron chi connectivity index (χ4n) is 2.02. The van der Waals surface area contributed by atoms with Crippen LogP contribution in [-0.4, -0.2) is 61.5 Å². The minimum Gasteiger partial charge on any atom is -0.375 e. The molecule has 0 radical (unpaired) electrons. The van der Waals surface area contributed by atoms with Crippen LogP contribution in [-0.2, 0) is 14.3 Å². The van der Waals surface area contributed by atoms with Crippen molar-refractivity contribution >= 4 is 11.8 Å². The number of hydrogen-bond acceptors (Lipinski definition) is 3. The van der Waals surface area contributed by atoms with E-state index in [1.807, 2.05) is 19.9 Å². The van der Waals surface area contributed by atoms with E-state index in [4.69, 9.17) is 4.74 Å². The van der Waals surface area contributed by atoms with Crippen LogP contribution in [0.4, 0.5) is 0 Å². The zero-order chi connectivity index (χ0) is 13.5. The van der Waals surface area contributed by atoms with Gasteiger partial charge in [0.1, 0.15) is 6.61 Å². The summed E-state index contributed by atoms with van der Waals surface area (Å²) < 4.78 is 4.82. The van der Waals surface area contributed by atoms with E-state index in [0.29, 0.717) is 26.2 Å². The molecule has 0 spiro atoms. The Hall–Kier alpha value is -1.36. The third-order valence-electron chi connectivity index (χ3n) is 3.04. The molecule has 1 fully saturated rings. The number of carbonyl (C=O) groups is 2. The predicted molar refractivity (Wildman–Crippen MR) is 69.1 cm³/mol. The van der Waals surface area contributed by atoms with Crippen molar-refractivity contribution in [2.45, 2.75) is 20.3 Å². The lowest BCUT2D eigenvalue weighted by Gasteiger charge is -2.34. The van der Waals surface area contributed by atoms with Crippen LogP contribution < -0.4 is 0 Å². The van der Waals surface area contributed by atoms with Gasteiger partial charge < -0.3 is 14.5 Å². The summed E-state index contributed by atoms with van der Waals surface area (Å²) in [6.45, 7) is 6.35. The number of nitrogens with zero attached hydrogens (tertiary/aromatic N) is 2. The summed E-state index contributed by atoms with van der Waals surface area (Å²) in [4.78, 5) is 27.2. The van der Waals surface area contributed by atoms with Crippen molar-refractivity contribution in [1.82, 2.24) is 9.80 Å². The Morgan fingerprint density at radius 3 is 2.22 bits per heavy atom. The molecule has 1 rings (SSSR count). The molecule has 0 aromatic rings. The summed E-state index contributed by atoms with van der Waals surface area (Å²) >= 11 is 0. The fraction of sp³-hybridized carbons (Fsp3) is 0.692. The molecule has 5 heteroatoms. The van der Waals surface area contributed by atoms with Crippen molar-refractivity contribution in [2.24, 2.45) is 0 Å². The molecule has 0 aliphatic carbocycles. The molecule has 0 atom stereocenters. The van der Waals surface area contributed by atoms with Gasteiger partial charge in [-0.15, -0.1) is 0 Å². The number of hydrogen-bond donors (Lipinski definition) is 0. The van der Waals surface area contributed by atoms with Crippen molar-refractivity contribution < 1.29 is 14.3 Å². The van der Waals surface area contributed by atoms with Gasteiger partial charge in [-0.1, -0.05) is 13.0 Å². The molecule has 0 aromatic carbocycles. The fourth-order valence-corrected chi connectivity index (χ4v) is 2.02. The Morgan fingerprint density at radius 2 is 1.72 bits per heavy atom.